The molecule has 1 saturated heterocycles. The van der Waals surface area contributed by atoms with E-state index in [2.05, 4.69) is 57.6 Å². The lowest BCUT2D eigenvalue weighted by Gasteiger charge is -2.34. The highest BCUT2D eigenvalue weighted by atomic mass is 16.3. The summed E-state index contributed by atoms with van der Waals surface area (Å²) in [4.78, 5) is 17.3. The van der Waals surface area contributed by atoms with Crippen LogP contribution in [-0.4, -0.2) is 47.0 Å². The lowest BCUT2D eigenvalue weighted by molar-refractivity contribution is -0.115. The first-order valence-electron chi connectivity index (χ1n) is 10.8. The number of piperazine rings is 1. The van der Waals surface area contributed by atoms with Gasteiger partial charge in [0, 0.05) is 50.5 Å². The van der Waals surface area contributed by atoms with Crippen LogP contribution in [0.4, 0.5) is 5.69 Å². The number of carbonyl (C=O) groups excluding carboxylic acids is 1. The first-order chi connectivity index (χ1) is 15.2. The van der Waals surface area contributed by atoms with Crippen LogP contribution >= 0.6 is 0 Å². The molecule has 0 aromatic heterocycles. The van der Waals surface area contributed by atoms with E-state index in [0.29, 0.717) is 5.56 Å². The van der Waals surface area contributed by atoms with Crippen molar-refractivity contribution in [3.8, 4) is 5.75 Å². The topological polar surface area (TPSA) is 55.8 Å². The fraction of sp³-hybridized carbons (Fsp3) is 0.269. The third-order valence-corrected chi connectivity index (χ3v) is 5.70. The molecule has 5 nitrogen and oxygen atoms in total. The molecule has 0 spiro atoms. The van der Waals surface area contributed by atoms with Gasteiger partial charge < -0.3 is 10.4 Å². The van der Waals surface area contributed by atoms with E-state index in [0.717, 1.165) is 45.0 Å². The summed E-state index contributed by atoms with van der Waals surface area (Å²) in [6.07, 6.45) is 0.154. The number of phenolic OH excluding ortho intramolecular Hbond substituents is 1. The average Bonchev–Trinajstić information content (AvgIpc) is 2.79. The van der Waals surface area contributed by atoms with Crippen molar-refractivity contribution in [2.24, 2.45) is 0 Å². The summed E-state index contributed by atoms with van der Waals surface area (Å²) >= 11 is 0. The number of phenols is 1. The number of nitrogens with one attached hydrogen (secondary N) is 1. The van der Waals surface area contributed by atoms with Crippen LogP contribution in [0.1, 0.15) is 16.7 Å². The average molecular weight is 416 g/mol. The van der Waals surface area contributed by atoms with E-state index in [1.807, 2.05) is 18.2 Å². The number of rotatable bonds is 7. The van der Waals surface area contributed by atoms with Crippen molar-refractivity contribution in [3.63, 3.8) is 0 Å². The van der Waals surface area contributed by atoms with Gasteiger partial charge in [0.25, 0.3) is 0 Å². The Kier molecular flexibility index (Phi) is 6.97. The lowest BCUT2D eigenvalue weighted by Crippen LogP contribution is -2.45. The van der Waals surface area contributed by atoms with Crippen LogP contribution in [0.3, 0.4) is 0 Å². The van der Waals surface area contributed by atoms with E-state index in [-0.39, 0.29) is 18.1 Å². The number of para-hydroxylation sites is 1. The molecule has 3 aromatic rings. The molecule has 0 bridgehead atoms. The van der Waals surface area contributed by atoms with Crippen molar-refractivity contribution >= 4 is 11.6 Å². The van der Waals surface area contributed by atoms with Crippen molar-refractivity contribution in [1.82, 2.24) is 9.80 Å². The zero-order valence-electron chi connectivity index (χ0n) is 17.7. The molecule has 4 rings (SSSR count). The van der Waals surface area contributed by atoms with Crippen LogP contribution < -0.4 is 5.32 Å². The Morgan fingerprint density at radius 3 is 1.90 bits per heavy atom. The summed E-state index contributed by atoms with van der Waals surface area (Å²) in [7, 11) is 0. The Hall–Kier alpha value is -3.15. The van der Waals surface area contributed by atoms with Gasteiger partial charge in [0.05, 0.1) is 6.42 Å². The summed E-state index contributed by atoms with van der Waals surface area (Å²) in [5, 5.41) is 12.7. The van der Waals surface area contributed by atoms with Gasteiger partial charge in [-0.1, -0.05) is 60.7 Å². The Labute approximate surface area is 183 Å². The van der Waals surface area contributed by atoms with Crippen molar-refractivity contribution in [2.45, 2.75) is 19.5 Å². The van der Waals surface area contributed by atoms with Crippen LogP contribution in [0, 0.1) is 0 Å². The van der Waals surface area contributed by atoms with Crippen molar-refractivity contribution in [1.29, 1.82) is 0 Å². The number of nitrogens with zero attached hydrogens (tertiary/aromatic N) is 2. The van der Waals surface area contributed by atoms with E-state index in [4.69, 9.17) is 0 Å². The minimum Gasteiger partial charge on any atom is -0.508 e. The van der Waals surface area contributed by atoms with Crippen LogP contribution in [-0.2, 0) is 24.3 Å². The van der Waals surface area contributed by atoms with E-state index in [9.17, 15) is 9.90 Å². The first-order valence-corrected chi connectivity index (χ1v) is 10.8. The van der Waals surface area contributed by atoms with Gasteiger partial charge in [-0.05, 0) is 29.3 Å². The van der Waals surface area contributed by atoms with Gasteiger partial charge in [-0.25, -0.2) is 0 Å². The highest BCUT2D eigenvalue weighted by molar-refractivity contribution is 5.92. The van der Waals surface area contributed by atoms with Crippen LogP contribution in [0.25, 0.3) is 0 Å². The lowest BCUT2D eigenvalue weighted by atomic mass is 10.1. The molecule has 0 saturated carbocycles. The maximum atomic E-state index is 12.3. The molecular weight excluding hydrogens is 386 g/mol. The summed E-state index contributed by atoms with van der Waals surface area (Å²) < 4.78 is 0. The molecule has 1 aliphatic heterocycles. The fourth-order valence-corrected chi connectivity index (χ4v) is 3.94. The number of hydrogen-bond donors (Lipinski definition) is 2. The van der Waals surface area contributed by atoms with E-state index in [1.165, 1.54) is 11.1 Å². The third kappa shape index (κ3) is 6.17. The first kappa shape index (κ1) is 21.1. The van der Waals surface area contributed by atoms with Gasteiger partial charge in [-0.3, -0.25) is 14.6 Å². The Morgan fingerprint density at radius 2 is 1.29 bits per heavy atom. The van der Waals surface area contributed by atoms with Gasteiger partial charge in [0.2, 0.25) is 5.91 Å². The highest BCUT2D eigenvalue weighted by Gasteiger charge is 2.17. The zero-order valence-corrected chi connectivity index (χ0v) is 17.7. The van der Waals surface area contributed by atoms with Crippen molar-refractivity contribution < 1.29 is 9.90 Å². The van der Waals surface area contributed by atoms with Crippen molar-refractivity contribution in [3.05, 3.63) is 95.6 Å². The minimum absolute atomic E-state index is 0.135. The number of aromatic hydroxyl groups is 1. The molecule has 0 atom stereocenters. The molecule has 1 aliphatic rings. The van der Waals surface area contributed by atoms with Crippen LogP contribution in [0.5, 0.6) is 5.75 Å². The maximum Gasteiger partial charge on any atom is 0.228 e. The molecule has 2 N–H and O–H groups in total. The largest absolute Gasteiger partial charge is 0.508 e. The van der Waals surface area contributed by atoms with Gasteiger partial charge in [0.15, 0.2) is 0 Å². The summed E-state index contributed by atoms with van der Waals surface area (Å²) in [5.41, 5.74) is 4.02. The van der Waals surface area contributed by atoms with Gasteiger partial charge >= 0.3 is 0 Å². The second kappa shape index (κ2) is 10.2. The predicted molar refractivity (Wildman–Crippen MR) is 124 cm³/mol. The van der Waals surface area contributed by atoms with Crippen molar-refractivity contribution in [2.75, 3.05) is 31.5 Å². The summed E-state index contributed by atoms with van der Waals surface area (Å²) in [6.45, 7) is 6.22. The molecule has 160 valence electrons. The number of benzene rings is 3. The van der Waals surface area contributed by atoms with E-state index in [1.54, 1.807) is 18.2 Å². The summed E-state index contributed by atoms with van der Waals surface area (Å²) in [6, 6.07) is 25.6. The van der Waals surface area contributed by atoms with Crippen LogP contribution in [0.15, 0.2) is 78.9 Å². The second-order valence-electron chi connectivity index (χ2n) is 8.09. The molecule has 3 aromatic carbocycles. The molecule has 0 unspecified atom stereocenters. The maximum absolute atomic E-state index is 12.3. The molecule has 31 heavy (non-hydrogen) atoms. The monoisotopic (exact) mass is 415 g/mol. The third-order valence-electron chi connectivity index (χ3n) is 5.70. The molecule has 1 heterocycles. The van der Waals surface area contributed by atoms with E-state index < -0.39 is 0 Å². The number of anilines is 1. The predicted octanol–water partition coefficient (Wildman–Crippen LogP) is 3.89. The quantitative estimate of drug-likeness (QED) is 0.615. The zero-order chi connectivity index (χ0) is 21.5. The standard InChI is InChI=1S/C26H29N3O2/c30-25-9-5-4-8-23(25)18-26(31)27-24-12-10-22(11-13-24)20-29-16-14-28(15-17-29)19-21-6-2-1-3-7-21/h1-13,30H,14-20H2,(H,27,31). The number of carbonyl (C=O) groups is 1. The Bertz CT molecular complexity index is 981. The fourth-order valence-electron chi connectivity index (χ4n) is 3.94. The van der Waals surface area contributed by atoms with Crippen LogP contribution in [0.2, 0.25) is 0 Å². The molecule has 0 radical (unpaired) electrons. The number of amides is 1. The highest BCUT2D eigenvalue weighted by Crippen LogP contribution is 2.18. The summed E-state index contributed by atoms with van der Waals surface area (Å²) in [5.74, 6) is 0.0145. The molecular formula is C26H29N3O2. The smallest absolute Gasteiger partial charge is 0.228 e. The Balaban J connectivity index is 1.23. The van der Waals surface area contributed by atoms with E-state index >= 15 is 0 Å². The minimum atomic E-state index is -0.135. The van der Waals surface area contributed by atoms with Gasteiger partial charge in [-0.2, -0.15) is 0 Å². The van der Waals surface area contributed by atoms with Gasteiger partial charge in [0.1, 0.15) is 5.75 Å². The SMILES string of the molecule is O=C(Cc1ccccc1O)Nc1ccc(CN2CCN(Cc3ccccc3)CC2)cc1. The molecule has 0 aliphatic carbocycles. The van der Waals surface area contributed by atoms with Gasteiger partial charge in [-0.15, -0.1) is 0 Å². The normalized spacial score (nSPS) is 15.0. The molecule has 1 fully saturated rings. The Morgan fingerprint density at radius 1 is 0.742 bits per heavy atom. The number of hydrogen-bond acceptors (Lipinski definition) is 4. The second-order valence-corrected chi connectivity index (χ2v) is 8.09. The molecule has 1 amide bonds. The molecule has 5 heteroatoms.